The number of benzene rings is 1. The Balaban J connectivity index is 0.00000171. The first-order valence-electron chi connectivity index (χ1n) is 9.59. The molecule has 4 N–H and O–H groups in total. The summed E-state index contributed by atoms with van der Waals surface area (Å²) in [7, 11) is 0. The van der Waals surface area contributed by atoms with E-state index >= 15 is 0 Å². The SMILES string of the molecule is Cc1ccc(Oc2ccc(Nc3ncnc4c3C=C(CN)CCN4)cc2C)cn1.Cl.Cl.Cl. The maximum Gasteiger partial charge on any atom is 0.145 e. The molecule has 1 aliphatic rings. The van der Waals surface area contributed by atoms with Crippen molar-refractivity contribution in [3.63, 3.8) is 0 Å². The molecule has 0 atom stereocenters. The van der Waals surface area contributed by atoms with Crippen molar-refractivity contribution in [3.8, 4) is 11.5 Å². The number of nitrogens with two attached hydrogens (primary N) is 1. The van der Waals surface area contributed by atoms with Gasteiger partial charge in [0, 0.05) is 24.5 Å². The normalized spacial score (nSPS) is 11.8. The molecule has 2 aromatic heterocycles. The van der Waals surface area contributed by atoms with E-state index in [-0.39, 0.29) is 37.2 Å². The van der Waals surface area contributed by atoms with E-state index in [9.17, 15) is 0 Å². The fraction of sp³-hybridized carbons (Fsp3) is 0.227. The highest BCUT2D eigenvalue weighted by Gasteiger charge is 2.14. The zero-order valence-corrected chi connectivity index (χ0v) is 20.2. The molecule has 0 unspecified atom stereocenters. The molecule has 32 heavy (non-hydrogen) atoms. The molecule has 0 amide bonds. The van der Waals surface area contributed by atoms with Crippen LogP contribution in [0, 0.1) is 13.8 Å². The molecule has 0 saturated heterocycles. The highest BCUT2D eigenvalue weighted by atomic mass is 35.5. The molecule has 0 bridgehead atoms. The predicted molar refractivity (Wildman–Crippen MR) is 137 cm³/mol. The molecule has 0 radical (unpaired) electrons. The Bertz CT molecular complexity index is 1060. The van der Waals surface area contributed by atoms with Gasteiger partial charge in [-0.25, -0.2) is 9.97 Å². The van der Waals surface area contributed by atoms with Gasteiger partial charge in [-0.05, 0) is 62.2 Å². The minimum Gasteiger partial charge on any atom is -0.455 e. The lowest BCUT2D eigenvalue weighted by molar-refractivity contribution is 0.476. The van der Waals surface area contributed by atoms with E-state index in [0.717, 1.165) is 52.9 Å². The van der Waals surface area contributed by atoms with Crippen LogP contribution >= 0.6 is 37.2 Å². The van der Waals surface area contributed by atoms with E-state index in [0.29, 0.717) is 12.3 Å². The van der Waals surface area contributed by atoms with Gasteiger partial charge in [0.1, 0.15) is 29.5 Å². The van der Waals surface area contributed by atoms with Crippen LogP contribution in [0.4, 0.5) is 17.3 Å². The zero-order chi connectivity index (χ0) is 20.2. The molecule has 3 heterocycles. The van der Waals surface area contributed by atoms with Gasteiger partial charge in [0.25, 0.3) is 0 Å². The molecule has 1 aliphatic heterocycles. The summed E-state index contributed by atoms with van der Waals surface area (Å²) in [5.41, 5.74) is 10.8. The Kier molecular flexibility index (Phi) is 10.7. The van der Waals surface area contributed by atoms with E-state index < -0.39 is 0 Å². The van der Waals surface area contributed by atoms with E-state index in [2.05, 4.69) is 31.7 Å². The highest BCUT2D eigenvalue weighted by Crippen LogP contribution is 2.31. The van der Waals surface area contributed by atoms with Crippen molar-refractivity contribution < 1.29 is 4.74 Å². The number of fused-ring (bicyclic) bond motifs is 1. The summed E-state index contributed by atoms with van der Waals surface area (Å²) >= 11 is 0. The number of hydrogen-bond acceptors (Lipinski definition) is 7. The topological polar surface area (TPSA) is 98.0 Å². The van der Waals surface area contributed by atoms with Gasteiger partial charge in [-0.15, -0.1) is 37.2 Å². The Morgan fingerprint density at radius 1 is 1.06 bits per heavy atom. The number of ether oxygens (including phenoxy) is 1. The number of anilines is 3. The number of nitrogens with zero attached hydrogens (tertiary/aromatic N) is 3. The molecule has 0 fully saturated rings. The van der Waals surface area contributed by atoms with Crippen LogP contribution in [0.3, 0.4) is 0 Å². The Morgan fingerprint density at radius 2 is 1.88 bits per heavy atom. The van der Waals surface area contributed by atoms with Crippen LogP contribution in [0.25, 0.3) is 6.08 Å². The Labute approximate surface area is 206 Å². The van der Waals surface area contributed by atoms with Gasteiger partial charge < -0.3 is 21.1 Å². The van der Waals surface area contributed by atoms with Crippen molar-refractivity contribution >= 4 is 60.6 Å². The molecular formula is C22H27Cl3N6O. The van der Waals surface area contributed by atoms with Gasteiger partial charge in [-0.2, -0.15) is 0 Å². The summed E-state index contributed by atoms with van der Waals surface area (Å²) in [6, 6.07) is 9.78. The van der Waals surface area contributed by atoms with Crippen LogP contribution < -0.4 is 21.1 Å². The van der Waals surface area contributed by atoms with E-state index in [4.69, 9.17) is 10.5 Å². The van der Waals surface area contributed by atoms with E-state index in [1.807, 2.05) is 44.2 Å². The third-order valence-electron chi connectivity index (χ3n) is 4.78. The number of rotatable bonds is 5. The first-order valence-corrected chi connectivity index (χ1v) is 9.59. The first-order chi connectivity index (χ1) is 14.1. The van der Waals surface area contributed by atoms with E-state index in [1.54, 1.807) is 12.5 Å². The van der Waals surface area contributed by atoms with Crippen molar-refractivity contribution in [2.24, 2.45) is 5.73 Å². The largest absolute Gasteiger partial charge is 0.455 e. The molecule has 172 valence electrons. The maximum absolute atomic E-state index is 5.96. The van der Waals surface area contributed by atoms with Crippen LogP contribution in [0.5, 0.6) is 11.5 Å². The first kappa shape index (κ1) is 27.5. The fourth-order valence-electron chi connectivity index (χ4n) is 3.17. The number of pyridine rings is 1. The number of aromatic nitrogens is 3. The second kappa shape index (κ2) is 12.5. The fourth-order valence-corrected chi connectivity index (χ4v) is 3.17. The van der Waals surface area contributed by atoms with E-state index in [1.165, 1.54) is 5.57 Å². The van der Waals surface area contributed by atoms with Gasteiger partial charge in [0.15, 0.2) is 0 Å². The number of halogens is 3. The van der Waals surface area contributed by atoms with Crippen LogP contribution in [0.2, 0.25) is 0 Å². The molecule has 7 nitrogen and oxygen atoms in total. The minimum atomic E-state index is 0. The molecule has 0 spiro atoms. The molecule has 3 aromatic rings. The average molecular weight is 498 g/mol. The molecule has 4 rings (SSSR count). The number of aryl methyl sites for hydroxylation is 2. The smallest absolute Gasteiger partial charge is 0.145 e. The Morgan fingerprint density at radius 3 is 2.56 bits per heavy atom. The highest BCUT2D eigenvalue weighted by molar-refractivity contribution is 5.86. The maximum atomic E-state index is 5.96. The second-order valence-electron chi connectivity index (χ2n) is 7.01. The van der Waals surface area contributed by atoms with Crippen LogP contribution in [-0.4, -0.2) is 28.0 Å². The van der Waals surface area contributed by atoms with Gasteiger partial charge in [-0.3, -0.25) is 4.98 Å². The standard InChI is InChI=1S/C22H24N6O.3ClH/c1-14-9-17(4-6-20(14)29-18-5-3-15(2)25-12-18)28-22-19-10-16(11-23)7-8-24-21(19)26-13-27-22;;;/h3-6,9-10,12-13H,7-8,11,23H2,1-2H3,(H2,24,26,27,28);3*1H. The summed E-state index contributed by atoms with van der Waals surface area (Å²) < 4.78 is 5.96. The molecule has 0 saturated carbocycles. The van der Waals surface area contributed by atoms with Crippen molar-refractivity contribution in [2.45, 2.75) is 20.3 Å². The summed E-state index contributed by atoms with van der Waals surface area (Å²) in [6.07, 6.45) is 6.26. The van der Waals surface area contributed by atoms with Gasteiger partial charge in [0.2, 0.25) is 0 Å². The summed E-state index contributed by atoms with van der Waals surface area (Å²) in [6.45, 7) is 5.29. The van der Waals surface area contributed by atoms with Gasteiger partial charge >= 0.3 is 0 Å². The lowest BCUT2D eigenvalue weighted by Gasteiger charge is -2.14. The van der Waals surface area contributed by atoms with Crippen molar-refractivity contribution in [2.75, 3.05) is 23.7 Å². The Hall–Kier alpha value is -2.58. The average Bonchev–Trinajstić information content (AvgIpc) is 2.94. The second-order valence-corrected chi connectivity index (χ2v) is 7.01. The monoisotopic (exact) mass is 496 g/mol. The molecule has 10 heteroatoms. The third-order valence-corrected chi connectivity index (χ3v) is 4.78. The minimum absolute atomic E-state index is 0. The lowest BCUT2D eigenvalue weighted by Crippen LogP contribution is -2.07. The summed E-state index contributed by atoms with van der Waals surface area (Å²) in [5.74, 6) is 3.06. The predicted octanol–water partition coefficient (Wildman–Crippen LogP) is 5.45. The number of nitrogens with one attached hydrogen (secondary N) is 2. The van der Waals surface area contributed by atoms with Crippen LogP contribution in [0.1, 0.15) is 23.2 Å². The number of hydrogen-bond donors (Lipinski definition) is 3. The van der Waals surface area contributed by atoms with Gasteiger partial charge in [0.05, 0.1) is 11.8 Å². The van der Waals surface area contributed by atoms with Crippen molar-refractivity contribution in [1.29, 1.82) is 0 Å². The quantitative estimate of drug-likeness (QED) is 0.431. The van der Waals surface area contributed by atoms with Crippen molar-refractivity contribution in [3.05, 3.63) is 65.2 Å². The zero-order valence-electron chi connectivity index (χ0n) is 17.8. The van der Waals surface area contributed by atoms with Gasteiger partial charge in [-0.1, -0.05) is 5.57 Å². The molecule has 1 aromatic carbocycles. The lowest BCUT2D eigenvalue weighted by atomic mass is 10.1. The van der Waals surface area contributed by atoms with Crippen molar-refractivity contribution in [1.82, 2.24) is 15.0 Å². The summed E-state index contributed by atoms with van der Waals surface area (Å²) in [5, 5.41) is 6.74. The summed E-state index contributed by atoms with van der Waals surface area (Å²) in [4.78, 5) is 13.1. The third kappa shape index (κ3) is 6.46. The van der Waals surface area contributed by atoms with Crippen LogP contribution in [0.15, 0.2) is 48.4 Å². The molecule has 0 aliphatic carbocycles. The van der Waals surface area contributed by atoms with Crippen LogP contribution in [-0.2, 0) is 0 Å². The molecular weight excluding hydrogens is 471 g/mol.